The van der Waals surface area contributed by atoms with Crippen LogP contribution < -0.4 is 15.0 Å². The number of nitrogens with one attached hydrogen (secondary N) is 1. The van der Waals surface area contributed by atoms with Crippen molar-refractivity contribution in [3.8, 4) is 5.75 Å². The van der Waals surface area contributed by atoms with Gasteiger partial charge in [0, 0.05) is 32.4 Å². The minimum Gasteiger partial charge on any atom is -0.497 e. The minimum atomic E-state index is -0.0821. The first-order valence-electron chi connectivity index (χ1n) is 9.89. The van der Waals surface area contributed by atoms with Gasteiger partial charge in [0.15, 0.2) is 0 Å². The lowest BCUT2D eigenvalue weighted by Crippen LogP contribution is -2.31. The van der Waals surface area contributed by atoms with E-state index in [4.69, 9.17) is 9.47 Å². The van der Waals surface area contributed by atoms with Crippen LogP contribution in [0.3, 0.4) is 0 Å². The highest BCUT2D eigenvalue weighted by atomic mass is 16.5. The molecule has 150 valence electrons. The van der Waals surface area contributed by atoms with Crippen LogP contribution in [0.25, 0.3) is 0 Å². The summed E-state index contributed by atoms with van der Waals surface area (Å²) in [5.74, 6) is 1.67. The first-order chi connectivity index (χ1) is 13.7. The number of pyridine rings is 1. The predicted octanol–water partition coefficient (Wildman–Crippen LogP) is 3.07. The van der Waals surface area contributed by atoms with E-state index in [1.54, 1.807) is 13.3 Å². The van der Waals surface area contributed by atoms with Crippen LogP contribution in [0.15, 0.2) is 42.6 Å². The Hall–Kier alpha value is -2.60. The Morgan fingerprint density at radius 2 is 2.11 bits per heavy atom. The molecule has 28 heavy (non-hydrogen) atoms. The van der Waals surface area contributed by atoms with E-state index in [0.717, 1.165) is 50.5 Å². The fourth-order valence-corrected chi connectivity index (χ4v) is 3.30. The fraction of sp³-hybridized carbons (Fsp3) is 0.455. The van der Waals surface area contributed by atoms with Crippen molar-refractivity contribution in [1.29, 1.82) is 0 Å². The average Bonchev–Trinajstić information content (AvgIpc) is 2.96. The number of ether oxygens (including phenoxy) is 2. The third-order valence-electron chi connectivity index (χ3n) is 4.87. The molecule has 0 bridgehead atoms. The average molecular weight is 383 g/mol. The summed E-state index contributed by atoms with van der Waals surface area (Å²) < 4.78 is 10.8. The third-order valence-corrected chi connectivity index (χ3v) is 4.87. The quantitative estimate of drug-likeness (QED) is 0.745. The molecule has 1 atom stereocenters. The zero-order chi connectivity index (χ0) is 19.8. The van der Waals surface area contributed by atoms with Gasteiger partial charge in [0.05, 0.1) is 18.8 Å². The number of benzene rings is 1. The van der Waals surface area contributed by atoms with E-state index in [1.807, 2.05) is 24.3 Å². The Balaban J connectivity index is 1.45. The van der Waals surface area contributed by atoms with Crippen molar-refractivity contribution in [3.63, 3.8) is 0 Å². The summed E-state index contributed by atoms with van der Waals surface area (Å²) in [5.41, 5.74) is 1.82. The molecule has 1 amide bonds. The minimum absolute atomic E-state index is 0.0821. The topological polar surface area (TPSA) is 63.7 Å². The van der Waals surface area contributed by atoms with Gasteiger partial charge in [-0.05, 0) is 56.0 Å². The number of hydrogen-bond acceptors (Lipinski definition) is 5. The van der Waals surface area contributed by atoms with E-state index < -0.39 is 0 Å². The summed E-state index contributed by atoms with van der Waals surface area (Å²) in [5, 5.41) is 2.97. The van der Waals surface area contributed by atoms with Gasteiger partial charge in [-0.3, -0.25) is 4.79 Å². The van der Waals surface area contributed by atoms with Crippen LogP contribution in [0.4, 0.5) is 5.82 Å². The lowest BCUT2D eigenvalue weighted by Gasteiger charge is -2.23. The number of aromatic nitrogens is 1. The molecular weight excluding hydrogens is 354 g/mol. The molecule has 2 aromatic rings. The highest BCUT2D eigenvalue weighted by Crippen LogP contribution is 2.16. The number of nitrogens with zero attached hydrogens (tertiary/aromatic N) is 2. The summed E-state index contributed by atoms with van der Waals surface area (Å²) in [6, 6.07) is 11.8. The Morgan fingerprint density at radius 1 is 1.29 bits per heavy atom. The second-order valence-electron chi connectivity index (χ2n) is 7.09. The molecule has 6 nitrogen and oxygen atoms in total. The molecule has 3 rings (SSSR count). The van der Waals surface area contributed by atoms with Gasteiger partial charge in [-0.2, -0.15) is 0 Å². The van der Waals surface area contributed by atoms with Crippen molar-refractivity contribution in [1.82, 2.24) is 10.3 Å². The number of carbonyl (C=O) groups excluding carboxylic acids is 1. The zero-order valence-corrected chi connectivity index (χ0v) is 16.7. The lowest BCUT2D eigenvalue weighted by atomic mass is 10.1. The summed E-state index contributed by atoms with van der Waals surface area (Å²) in [6.07, 6.45) is 4.64. The summed E-state index contributed by atoms with van der Waals surface area (Å²) in [4.78, 5) is 19.0. The van der Waals surface area contributed by atoms with Crippen LogP contribution in [0.2, 0.25) is 0 Å². The Kier molecular flexibility index (Phi) is 7.25. The molecule has 0 spiro atoms. The van der Waals surface area contributed by atoms with Crippen LogP contribution in [0.1, 0.15) is 35.7 Å². The molecule has 1 N–H and O–H groups in total. The van der Waals surface area contributed by atoms with E-state index in [9.17, 15) is 4.79 Å². The molecule has 1 aromatic carbocycles. The molecular formula is C22H29N3O3. The zero-order valence-electron chi connectivity index (χ0n) is 16.7. The Bertz CT molecular complexity index is 747. The number of rotatable bonds is 7. The van der Waals surface area contributed by atoms with Crippen LogP contribution in [-0.2, 0) is 11.2 Å². The number of hydrogen-bond donors (Lipinski definition) is 1. The smallest absolute Gasteiger partial charge is 0.252 e. The van der Waals surface area contributed by atoms with Crippen LogP contribution in [0, 0.1) is 0 Å². The van der Waals surface area contributed by atoms with Gasteiger partial charge in [0.2, 0.25) is 0 Å². The van der Waals surface area contributed by atoms with E-state index in [1.165, 1.54) is 5.56 Å². The first kappa shape index (κ1) is 20.1. The summed E-state index contributed by atoms with van der Waals surface area (Å²) in [6.45, 7) is 5.24. The van der Waals surface area contributed by atoms with Gasteiger partial charge in [-0.25, -0.2) is 4.98 Å². The van der Waals surface area contributed by atoms with Crippen molar-refractivity contribution in [2.45, 2.75) is 32.3 Å². The molecule has 6 heteroatoms. The Morgan fingerprint density at radius 3 is 2.82 bits per heavy atom. The van der Waals surface area contributed by atoms with Gasteiger partial charge in [-0.15, -0.1) is 0 Å². The molecule has 0 radical (unpaired) electrons. The largest absolute Gasteiger partial charge is 0.497 e. The number of anilines is 1. The van der Waals surface area contributed by atoms with Gasteiger partial charge < -0.3 is 19.7 Å². The molecule has 1 fully saturated rings. The number of carbonyl (C=O) groups is 1. The Labute approximate surface area is 166 Å². The van der Waals surface area contributed by atoms with Crippen molar-refractivity contribution >= 4 is 11.7 Å². The van der Waals surface area contributed by atoms with E-state index in [2.05, 4.69) is 34.3 Å². The normalized spacial score (nSPS) is 17.1. The summed E-state index contributed by atoms with van der Waals surface area (Å²) in [7, 11) is 1.66. The lowest BCUT2D eigenvalue weighted by molar-refractivity contribution is 0.0820. The van der Waals surface area contributed by atoms with Gasteiger partial charge in [-0.1, -0.05) is 12.1 Å². The first-order valence-corrected chi connectivity index (χ1v) is 9.89. The number of aryl methyl sites for hydroxylation is 1. The van der Waals surface area contributed by atoms with Gasteiger partial charge >= 0.3 is 0 Å². The molecule has 1 aliphatic heterocycles. The van der Waals surface area contributed by atoms with Gasteiger partial charge in [0.25, 0.3) is 5.91 Å². The maximum absolute atomic E-state index is 12.3. The molecule has 0 aliphatic carbocycles. The molecule has 0 saturated carbocycles. The van der Waals surface area contributed by atoms with Crippen LogP contribution in [-0.4, -0.2) is 50.3 Å². The fourth-order valence-electron chi connectivity index (χ4n) is 3.30. The third kappa shape index (κ3) is 5.70. The van der Waals surface area contributed by atoms with E-state index in [0.29, 0.717) is 12.1 Å². The SMILES string of the molecule is COc1ccc(CCCNC(=O)c2ccc(N3CCCOC(C)C3)nc2)cc1. The highest BCUT2D eigenvalue weighted by Gasteiger charge is 2.16. The standard InChI is InChI=1S/C22H29N3O3/c1-17-16-25(13-4-14-28-17)21-11-8-19(15-24-21)22(26)23-12-3-5-18-6-9-20(27-2)10-7-18/h6-11,15,17H,3-5,12-14,16H2,1-2H3,(H,23,26). The van der Waals surface area contributed by atoms with E-state index in [-0.39, 0.29) is 12.0 Å². The predicted molar refractivity (Wildman–Crippen MR) is 110 cm³/mol. The highest BCUT2D eigenvalue weighted by molar-refractivity contribution is 5.94. The number of methoxy groups -OCH3 is 1. The van der Waals surface area contributed by atoms with Gasteiger partial charge in [0.1, 0.15) is 11.6 Å². The van der Waals surface area contributed by atoms with Crippen LogP contribution >= 0.6 is 0 Å². The van der Waals surface area contributed by atoms with Crippen LogP contribution in [0.5, 0.6) is 5.75 Å². The second-order valence-corrected chi connectivity index (χ2v) is 7.09. The monoisotopic (exact) mass is 383 g/mol. The van der Waals surface area contributed by atoms with Crippen molar-refractivity contribution in [2.75, 3.05) is 38.3 Å². The van der Waals surface area contributed by atoms with Crippen molar-refractivity contribution < 1.29 is 14.3 Å². The number of amides is 1. The second kappa shape index (κ2) is 10.1. The molecule has 1 aliphatic rings. The van der Waals surface area contributed by atoms with E-state index >= 15 is 0 Å². The molecule has 2 heterocycles. The maximum Gasteiger partial charge on any atom is 0.252 e. The van der Waals surface area contributed by atoms with Crippen molar-refractivity contribution in [3.05, 3.63) is 53.7 Å². The van der Waals surface area contributed by atoms with Crippen molar-refractivity contribution in [2.24, 2.45) is 0 Å². The summed E-state index contributed by atoms with van der Waals surface area (Å²) >= 11 is 0. The maximum atomic E-state index is 12.3. The molecule has 1 saturated heterocycles. The molecule has 1 aromatic heterocycles. The molecule has 1 unspecified atom stereocenters.